The van der Waals surface area contributed by atoms with Crippen molar-refractivity contribution in [2.24, 2.45) is 0 Å². The van der Waals surface area contributed by atoms with Crippen LogP contribution in [0.25, 0.3) is 0 Å². The molecule has 0 radical (unpaired) electrons. The number of sulfonamides is 1. The highest BCUT2D eigenvalue weighted by molar-refractivity contribution is 9.10. The molecular weight excluding hydrogens is 376 g/mol. The number of rotatable bonds is 4. The van der Waals surface area contributed by atoms with Gasteiger partial charge in [0, 0.05) is 43.8 Å². The topological polar surface area (TPSA) is 49.9 Å². The lowest BCUT2D eigenvalue weighted by Crippen LogP contribution is -2.50. The van der Waals surface area contributed by atoms with Gasteiger partial charge in [-0.3, -0.25) is 4.90 Å². The molecule has 0 bridgehead atoms. The minimum atomic E-state index is -3.35. The van der Waals surface area contributed by atoms with Gasteiger partial charge in [0.15, 0.2) is 0 Å². The summed E-state index contributed by atoms with van der Waals surface area (Å²) in [5.41, 5.74) is 0. The van der Waals surface area contributed by atoms with Crippen LogP contribution in [0.3, 0.4) is 0 Å². The lowest BCUT2D eigenvalue weighted by molar-refractivity contribution is 0.0617. The maximum absolute atomic E-state index is 12.6. The van der Waals surface area contributed by atoms with Crippen LogP contribution in [0.1, 0.15) is 12.8 Å². The molecule has 8 heteroatoms. The van der Waals surface area contributed by atoms with Gasteiger partial charge in [-0.2, -0.15) is 4.31 Å². The second kappa shape index (κ2) is 6.64. The second-order valence-corrected chi connectivity index (χ2v) is 9.30. The molecular formula is C13H19BrN2O3S2. The van der Waals surface area contributed by atoms with Crippen molar-refractivity contribution in [2.75, 3.05) is 39.3 Å². The Labute approximate surface area is 138 Å². The first-order chi connectivity index (χ1) is 10.1. The highest BCUT2D eigenvalue weighted by Crippen LogP contribution is 2.30. The molecule has 0 aliphatic carbocycles. The van der Waals surface area contributed by atoms with Crippen molar-refractivity contribution < 1.29 is 13.2 Å². The van der Waals surface area contributed by atoms with Crippen molar-refractivity contribution >= 4 is 37.3 Å². The Morgan fingerprint density at radius 2 is 2.10 bits per heavy atom. The maximum Gasteiger partial charge on any atom is 0.253 e. The minimum absolute atomic E-state index is 0.333. The molecule has 5 nitrogen and oxygen atoms in total. The van der Waals surface area contributed by atoms with Crippen LogP contribution >= 0.6 is 27.3 Å². The molecule has 3 heterocycles. The van der Waals surface area contributed by atoms with Gasteiger partial charge in [0.25, 0.3) is 10.0 Å². The Kier molecular flexibility index (Phi) is 5.02. The molecule has 2 fully saturated rings. The number of ether oxygens (including phenoxy) is 1. The van der Waals surface area contributed by atoms with Crippen LogP contribution in [0.5, 0.6) is 0 Å². The predicted molar refractivity (Wildman–Crippen MR) is 86.2 cm³/mol. The third-order valence-electron chi connectivity index (χ3n) is 3.98. The summed E-state index contributed by atoms with van der Waals surface area (Å²) >= 11 is 4.58. The monoisotopic (exact) mass is 394 g/mol. The van der Waals surface area contributed by atoms with Crippen molar-refractivity contribution in [1.29, 1.82) is 0 Å². The number of hydrogen-bond donors (Lipinski definition) is 0. The smallest absolute Gasteiger partial charge is 0.253 e. The number of nitrogens with zero attached hydrogens (tertiary/aromatic N) is 2. The summed E-state index contributed by atoms with van der Waals surface area (Å²) in [6.45, 7) is 4.46. The molecule has 0 aromatic carbocycles. The number of hydrogen-bond acceptors (Lipinski definition) is 5. The fraction of sp³-hybridized carbons (Fsp3) is 0.692. The van der Waals surface area contributed by atoms with E-state index in [1.54, 1.807) is 15.8 Å². The average molecular weight is 395 g/mol. The van der Waals surface area contributed by atoms with Crippen molar-refractivity contribution in [3.63, 3.8) is 0 Å². The molecule has 1 unspecified atom stereocenters. The van der Waals surface area contributed by atoms with Gasteiger partial charge in [-0.05, 0) is 40.2 Å². The summed E-state index contributed by atoms with van der Waals surface area (Å²) in [6, 6.07) is 1.78. The third-order valence-corrected chi connectivity index (χ3v) is 8.52. The van der Waals surface area contributed by atoms with Gasteiger partial charge in [0.05, 0.1) is 6.10 Å². The van der Waals surface area contributed by atoms with Crippen LogP contribution in [0, 0.1) is 0 Å². The van der Waals surface area contributed by atoms with Gasteiger partial charge in [-0.25, -0.2) is 8.42 Å². The fourth-order valence-electron chi connectivity index (χ4n) is 2.81. The fourth-order valence-corrected chi connectivity index (χ4v) is 6.68. The first-order valence-corrected chi connectivity index (χ1v) is 10.3. The van der Waals surface area contributed by atoms with E-state index in [1.165, 1.54) is 11.3 Å². The van der Waals surface area contributed by atoms with E-state index in [2.05, 4.69) is 20.8 Å². The SMILES string of the molecule is O=S(=O)(c1sccc1Br)N1CCN(CC2CCCO2)CC1. The summed E-state index contributed by atoms with van der Waals surface area (Å²) in [6.07, 6.45) is 2.60. The Balaban J connectivity index is 1.59. The van der Waals surface area contributed by atoms with Crippen molar-refractivity contribution in [3.8, 4) is 0 Å². The largest absolute Gasteiger partial charge is 0.377 e. The molecule has 0 amide bonds. The van der Waals surface area contributed by atoms with E-state index in [0.717, 1.165) is 39.1 Å². The van der Waals surface area contributed by atoms with Gasteiger partial charge in [0.1, 0.15) is 4.21 Å². The number of halogens is 1. The zero-order valence-corrected chi connectivity index (χ0v) is 14.9. The van der Waals surface area contributed by atoms with E-state index in [-0.39, 0.29) is 0 Å². The Morgan fingerprint density at radius 1 is 1.33 bits per heavy atom. The lowest BCUT2D eigenvalue weighted by atomic mass is 10.2. The summed E-state index contributed by atoms with van der Waals surface area (Å²) in [5, 5.41) is 1.80. The molecule has 2 aliphatic rings. The molecule has 2 aliphatic heterocycles. The van der Waals surface area contributed by atoms with Crippen LogP contribution in [-0.4, -0.2) is 63.1 Å². The van der Waals surface area contributed by atoms with E-state index in [1.807, 2.05) is 0 Å². The normalized spacial score (nSPS) is 25.5. The zero-order valence-electron chi connectivity index (χ0n) is 11.7. The minimum Gasteiger partial charge on any atom is -0.377 e. The molecule has 1 aromatic heterocycles. The van der Waals surface area contributed by atoms with E-state index < -0.39 is 10.0 Å². The second-order valence-electron chi connectivity index (χ2n) is 5.40. The van der Waals surface area contributed by atoms with Gasteiger partial charge < -0.3 is 4.74 Å². The summed E-state index contributed by atoms with van der Waals surface area (Å²) in [7, 11) is -3.35. The van der Waals surface area contributed by atoms with Crippen molar-refractivity contribution in [1.82, 2.24) is 9.21 Å². The summed E-state index contributed by atoms with van der Waals surface area (Å²) < 4.78 is 33.5. The number of thiophene rings is 1. The Hall–Kier alpha value is 0.01000. The molecule has 3 rings (SSSR count). The highest BCUT2D eigenvalue weighted by atomic mass is 79.9. The van der Waals surface area contributed by atoms with E-state index >= 15 is 0 Å². The van der Waals surface area contributed by atoms with Crippen LogP contribution in [0.2, 0.25) is 0 Å². The molecule has 1 atom stereocenters. The lowest BCUT2D eigenvalue weighted by Gasteiger charge is -2.34. The molecule has 1 aromatic rings. The highest BCUT2D eigenvalue weighted by Gasteiger charge is 2.31. The van der Waals surface area contributed by atoms with Crippen LogP contribution in [0.4, 0.5) is 0 Å². The Bertz CT molecular complexity index is 576. The maximum atomic E-state index is 12.6. The van der Waals surface area contributed by atoms with E-state index in [9.17, 15) is 8.42 Å². The first kappa shape index (κ1) is 15.9. The zero-order chi connectivity index (χ0) is 14.9. The molecule has 0 spiro atoms. The predicted octanol–water partition coefficient (Wildman–Crippen LogP) is 2.00. The molecule has 0 saturated carbocycles. The van der Waals surface area contributed by atoms with Gasteiger partial charge in [0.2, 0.25) is 0 Å². The summed E-state index contributed by atoms with van der Waals surface area (Å²) in [5.74, 6) is 0. The van der Waals surface area contributed by atoms with Crippen LogP contribution in [0.15, 0.2) is 20.1 Å². The van der Waals surface area contributed by atoms with E-state index in [4.69, 9.17) is 4.74 Å². The molecule has 2 saturated heterocycles. The van der Waals surface area contributed by atoms with Crippen molar-refractivity contribution in [2.45, 2.75) is 23.2 Å². The van der Waals surface area contributed by atoms with Gasteiger partial charge in [-0.1, -0.05) is 0 Å². The van der Waals surface area contributed by atoms with Gasteiger partial charge >= 0.3 is 0 Å². The molecule has 21 heavy (non-hydrogen) atoms. The van der Waals surface area contributed by atoms with E-state index in [0.29, 0.717) is 27.9 Å². The standard InChI is InChI=1S/C13H19BrN2O3S2/c14-12-3-9-20-13(12)21(17,18)16-6-4-15(5-7-16)10-11-2-1-8-19-11/h3,9,11H,1-2,4-8,10H2. The average Bonchev–Trinajstić information content (AvgIpc) is 3.11. The first-order valence-electron chi connectivity index (χ1n) is 7.14. The third kappa shape index (κ3) is 3.51. The van der Waals surface area contributed by atoms with Crippen LogP contribution in [-0.2, 0) is 14.8 Å². The van der Waals surface area contributed by atoms with Crippen molar-refractivity contribution in [3.05, 3.63) is 15.9 Å². The van der Waals surface area contributed by atoms with Gasteiger partial charge in [-0.15, -0.1) is 11.3 Å². The number of piperazine rings is 1. The Morgan fingerprint density at radius 3 is 2.67 bits per heavy atom. The quantitative estimate of drug-likeness (QED) is 0.783. The summed E-state index contributed by atoms with van der Waals surface area (Å²) in [4.78, 5) is 2.31. The van der Waals surface area contributed by atoms with Crippen LogP contribution < -0.4 is 0 Å². The molecule has 118 valence electrons. The molecule has 0 N–H and O–H groups in total.